The summed E-state index contributed by atoms with van der Waals surface area (Å²) in [5.74, 6) is -0.0264. The minimum atomic E-state index is -0.988. The fourth-order valence-electron chi connectivity index (χ4n) is 1.64. The Morgan fingerprint density at radius 3 is 2.73 bits per heavy atom. The van der Waals surface area contributed by atoms with E-state index in [9.17, 15) is 9.90 Å². The lowest BCUT2D eigenvalue weighted by Gasteiger charge is -2.30. The highest BCUT2D eigenvalue weighted by Crippen LogP contribution is 2.29. The van der Waals surface area contributed by atoms with E-state index < -0.39 is 5.60 Å². The first kappa shape index (κ1) is 12.0. The minimum Gasteiger partial charge on any atom is -0.462 e. The monoisotopic (exact) mass is 210 g/mol. The smallest absolute Gasteiger partial charge is 0.302 e. The lowest BCUT2D eigenvalue weighted by Crippen LogP contribution is -2.36. The van der Waals surface area contributed by atoms with E-state index in [1.54, 1.807) is 6.08 Å². The number of ether oxygens (including phenoxy) is 1. The van der Waals surface area contributed by atoms with Crippen molar-refractivity contribution in [1.29, 1.82) is 0 Å². The zero-order valence-electron chi connectivity index (χ0n) is 9.32. The van der Waals surface area contributed by atoms with E-state index in [4.69, 9.17) is 4.74 Å². The van der Waals surface area contributed by atoms with Crippen molar-refractivity contribution in [2.45, 2.75) is 32.3 Å². The van der Waals surface area contributed by atoms with Gasteiger partial charge in [-0.15, -0.1) is 0 Å². The molecule has 0 amide bonds. The van der Waals surface area contributed by atoms with Gasteiger partial charge in [-0.2, -0.15) is 0 Å². The van der Waals surface area contributed by atoms with E-state index in [1.165, 1.54) is 6.92 Å². The summed E-state index contributed by atoms with van der Waals surface area (Å²) in [4.78, 5) is 10.6. The van der Waals surface area contributed by atoms with Crippen molar-refractivity contribution in [3.8, 4) is 0 Å². The van der Waals surface area contributed by atoms with Crippen LogP contribution >= 0.6 is 0 Å². The van der Waals surface area contributed by atoms with Gasteiger partial charge in [0.05, 0.1) is 0 Å². The molecule has 0 radical (unpaired) electrons. The molecule has 0 saturated carbocycles. The Bertz CT molecular complexity index is 293. The molecule has 15 heavy (non-hydrogen) atoms. The highest BCUT2D eigenvalue weighted by atomic mass is 16.5. The summed E-state index contributed by atoms with van der Waals surface area (Å²) in [6, 6.07) is 0. The van der Waals surface area contributed by atoms with Crippen molar-refractivity contribution in [3.05, 3.63) is 24.3 Å². The normalized spacial score (nSPS) is 29.9. The zero-order valence-corrected chi connectivity index (χ0v) is 9.32. The van der Waals surface area contributed by atoms with Crippen LogP contribution in [0, 0.1) is 5.92 Å². The molecule has 1 aliphatic rings. The maximum Gasteiger partial charge on any atom is 0.302 e. The Balaban J connectivity index is 2.55. The molecular weight excluding hydrogens is 192 g/mol. The van der Waals surface area contributed by atoms with Crippen molar-refractivity contribution in [1.82, 2.24) is 0 Å². The van der Waals surface area contributed by atoms with Gasteiger partial charge in [-0.25, -0.2) is 0 Å². The average molecular weight is 210 g/mol. The molecular formula is C12H18O3. The van der Waals surface area contributed by atoms with Crippen LogP contribution in [0.2, 0.25) is 0 Å². The van der Waals surface area contributed by atoms with E-state index in [1.807, 2.05) is 13.0 Å². The highest BCUT2D eigenvalue weighted by Gasteiger charge is 2.29. The molecule has 3 nitrogen and oxygen atoms in total. The van der Waals surface area contributed by atoms with Crippen LogP contribution in [0.3, 0.4) is 0 Å². The molecule has 0 aliphatic heterocycles. The second-order valence-electron chi connectivity index (χ2n) is 4.23. The SMILES string of the molecule is C=C(C)[C@@H]1C=C[C@](O)(COC(C)=O)CC1. The number of hydrogen-bond donors (Lipinski definition) is 1. The van der Waals surface area contributed by atoms with Gasteiger partial charge < -0.3 is 9.84 Å². The molecule has 2 atom stereocenters. The third-order valence-electron chi connectivity index (χ3n) is 2.69. The maximum absolute atomic E-state index is 10.6. The Morgan fingerprint density at radius 1 is 1.67 bits per heavy atom. The summed E-state index contributed by atoms with van der Waals surface area (Å²) in [5.41, 5.74) is 0.109. The molecule has 0 spiro atoms. The van der Waals surface area contributed by atoms with Crippen molar-refractivity contribution in [2.75, 3.05) is 6.61 Å². The summed E-state index contributed by atoms with van der Waals surface area (Å²) < 4.78 is 4.82. The van der Waals surface area contributed by atoms with Crippen LogP contribution in [0.5, 0.6) is 0 Å². The topological polar surface area (TPSA) is 46.5 Å². The summed E-state index contributed by atoms with van der Waals surface area (Å²) in [5, 5.41) is 10.0. The van der Waals surface area contributed by atoms with Gasteiger partial charge >= 0.3 is 5.97 Å². The summed E-state index contributed by atoms with van der Waals surface area (Å²) in [6.07, 6.45) is 5.12. The number of allylic oxidation sites excluding steroid dienone is 2. The molecule has 0 aromatic heterocycles. The fraction of sp³-hybridized carbons (Fsp3) is 0.583. The van der Waals surface area contributed by atoms with Crippen molar-refractivity contribution < 1.29 is 14.6 Å². The Hall–Kier alpha value is -1.09. The average Bonchev–Trinajstić information content (AvgIpc) is 2.16. The molecule has 3 heteroatoms. The van der Waals surface area contributed by atoms with Crippen LogP contribution in [-0.2, 0) is 9.53 Å². The number of aliphatic hydroxyl groups is 1. The molecule has 0 fully saturated rings. The van der Waals surface area contributed by atoms with Gasteiger partial charge in [0.2, 0.25) is 0 Å². The molecule has 0 unspecified atom stereocenters. The molecule has 1 N–H and O–H groups in total. The van der Waals surface area contributed by atoms with Crippen LogP contribution in [0.15, 0.2) is 24.3 Å². The molecule has 0 saturated heterocycles. The van der Waals surface area contributed by atoms with E-state index in [0.29, 0.717) is 12.3 Å². The number of rotatable bonds is 3. The number of carbonyl (C=O) groups is 1. The van der Waals surface area contributed by atoms with Gasteiger partial charge in [0.25, 0.3) is 0 Å². The van der Waals surface area contributed by atoms with Gasteiger partial charge in [-0.3, -0.25) is 4.79 Å². The molecule has 84 valence electrons. The molecule has 0 bridgehead atoms. The second kappa shape index (κ2) is 4.62. The van der Waals surface area contributed by atoms with Gasteiger partial charge in [0.1, 0.15) is 12.2 Å². The lowest BCUT2D eigenvalue weighted by atomic mass is 9.83. The van der Waals surface area contributed by atoms with E-state index in [2.05, 4.69) is 6.58 Å². The minimum absolute atomic E-state index is 0.0434. The van der Waals surface area contributed by atoms with Crippen molar-refractivity contribution in [2.24, 2.45) is 5.92 Å². The molecule has 1 aliphatic carbocycles. The van der Waals surface area contributed by atoms with Gasteiger partial charge in [0, 0.05) is 6.92 Å². The van der Waals surface area contributed by atoms with Crippen LogP contribution in [0.25, 0.3) is 0 Å². The first-order chi connectivity index (χ1) is 6.93. The third kappa shape index (κ3) is 3.51. The van der Waals surface area contributed by atoms with Crippen molar-refractivity contribution in [3.63, 3.8) is 0 Å². The lowest BCUT2D eigenvalue weighted by molar-refractivity contribution is -0.147. The number of esters is 1. The zero-order chi connectivity index (χ0) is 11.5. The summed E-state index contributed by atoms with van der Waals surface area (Å²) in [6.45, 7) is 7.24. The molecule has 0 aromatic carbocycles. The predicted molar refractivity (Wildman–Crippen MR) is 58.3 cm³/mol. The predicted octanol–water partition coefficient (Wildman–Crippen LogP) is 1.82. The molecule has 1 rings (SSSR count). The first-order valence-electron chi connectivity index (χ1n) is 5.13. The van der Waals surface area contributed by atoms with E-state index in [-0.39, 0.29) is 12.6 Å². The van der Waals surface area contributed by atoms with Crippen LogP contribution in [0.4, 0.5) is 0 Å². The quantitative estimate of drug-likeness (QED) is 0.571. The Labute approximate surface area is 90.4 Å². The third-order valence-corrected chi connectivity index (χ3v) is 2.69. The number of carbonyl (C=O) groups excluding carboxylic acids is 1. The van der Waals surface area contributed by atoms with Gasteiger partial charge in [0.15, 0.2) is 0 Å². The highest BCUT2D eigenvalue weighted by molar-refractivity contribution is 5.66. The van der Waals surface area contributed by atoms with E-state index in [0.717, 1.165) is 12.0 Å². The van der Waals surface area contributed by atoms with Crippen LogP contribution < -0.4 is 0 Å². The van der Waals surface area contributed by atoms with Gasteiger partial charge in [-0.1, -0.05) is 24.3 Å². The van der Waals surface area contributed by atoms with Crippen LogP contribution in [0.1, 0.15) is 26.7 Å². The molecule has 0 aromatic rings. The standard InChI is InChI=1S/C12H18O3/c1-9(2)11-4-6-12(14,7-5-11)8-15-10(3)13/h4,6,11,14H,1,5,7-8H2,2-3H3/t11-,12-/m1/s1. The van der Waals surface area contributed by atoms with Gasteiger partial charge in [-0.05, 0) is 25.7 Å². The summed E-state index contributed by atoms with van der Waals surface area (Å²) in [7, 11) is 0. The van der Waals surface area contributed by atoms with Crippen LogP contribution in [-0.4, -0.2) is 23.3 Å². The first-order valence-corrected chi connectivity index (χ1v) is 5.13. The van der Waals surface area contributed by atoms with Crippen molar-refractivity contribution >= 4 is 5.97 Å². The summed E-state index contributed by atoms with van der Waals surface area (Å²) >= 11 is 0. The molecule has 0 heterocycles. The van der Waals surface area contributed by atoms with E-state index >= 15 is 0 Å². The Morgan fingerprint density at radius 2 is 2.33 bits per heavy atom. The Kier molecular flexibility index (Phi) is 3.69. The second-order valence-corrected chi connectivity index (χ2v) is 4.23. The number of hydrogen-bond acceptors (Lipinski definition) is 3. The largest absolute Gasteiger partial charge is 0.462 e. The fourth-order valence-corrected chi connectivity index (χ4v) is 1.64. The maximum atomic E-state index is 10.6.